The molecule has 1 aliphatic rings. The second kappa shape index (κ2) is 9.07. The second-order valence-electron chi connectivity index (χ2n) is 7.30. The minimum Gasteiger partial charge on any atom is -0.493 e. The van der Waals surface area contributed by atoms with Crippen LogP contribution in [0.4, 0.5) is 0 Å². The summed E-state index contributed by atoms with van der Waals surface area (Å²) in [5, 5.41) is 0.494. The van der Waals surface area contributed by atoms with Crippen LogP contribution < -0.4 is 26.6 Å². The van der Waals surface area contributed by atoms with Crippen LogP contribution in [-0.4, -0.2) is 47.9 Å². The van der Waals surface area contributed by atoms with Crippen LogP contribution in [0.25, 0.3) is 12.2 Å². The minimum absolute atomic E-state index is 0.238. The summed E-state index contributed by atoms with van der Waals surface area (Å²) in [7, 11) is 4.10. The van der Waals surface area contributed by atoms with Gasteiger partial charge in [-0.3, -0.25) is 9.59 Å². The van der Waals surface area contributed by atoms with Gasteiger partial charge in [-0.1, -0.05) is 6.07 Å². The zero-order valence-corrected chi connectivity index (χ0v) is 18.5. The molecule has 4 rings (SSSR count). The molecule has 2 N–H and O–H groups in total. The Morgan fingerprint density at radius 3 is 2.63 bits per heavy atom. The number of thioether (sulfide) groups is 1. The lowest BCUT2D eigenvalue weighted by Crippen LogP contribution is -2.46. The van der Waals surface area contributed by atoms with Crippen molar-refractivity contribution in [2.45, 2.75) is 10.6 Å². The van der Waals surface area contributed by atoms with Crippen molar-refractivity contribution < 1.29 is 4.74 Å². The average Bonchev–Trinajstić information content (AvgIpc) is 3.34. The fourth-order valence-corrected chi connectivity index (χ4v) is 5.40. The molecule has 0 unspecified atom stereocenters. The molecule has 1 aliphatic heterocycles. The van der Waals surface area contributed by atoms with E-state index in [1.165, 1.54) is 4.21 Å². The van der Waals surface area contributed by atoms with Crippen LogP contribution in [0.15, 0.2) is 44.1 Å². The highest BCUT2D eigenvalue weighted by atomic mass is 32.2. The summed E-state index contributed by atoms with van der Waals surface area (Å²) in [6.45, 7) is 1.68. The van der Waals surface area contributed by atoms with Gasteiger partial charge in [0.05, 0.1) is 10.8 Å². The van der Waals surface area contributed by atoms with E-state index in [-0.39, 0.29) is 21.8 Å². The number of fused-ring (bicyclic) bond motifs is 1. The van der Waals surface area contributed by atoms with Gasteiger partial charge in [-0.05, 0) is 61.6 Å². The lowest BCUT2D eigenvalue weighted by Gasteiger charge is -2.07. The Balaban J connectivity index is 1.59. The smallest absolute Gasteiger partial charge is 0.272 e. The van der Waals surface area contributed by atoms with Gasteiger partial charge in [-0.2, -0.15) is 0 Å². The van der Waals surface area contributed by atoms with Gasteiger partial charge in [-0.15, -0.1) is 23.1 Å². The quantitative estimate of drug-likeness (QED) is 0.565. The van der Waals surface area contributed by atoms with Gasteiger partial charge < -0.3 is 19.6 Å². The van der Waals surface area contributed by atoms with Crippen molar-refractivity contribution in [2.24, 2.45) is 0 Å². The molecule has 0 saturated heterocycles. The molecule has 3 heterocycles. The van der Waals surface area contributed by atoms with Gasteiger partial charge in [0.25, 0.3) is 11.1 Å². The molecule has 0 saturated carbocycles. The number of benzene rings is 1. The molecule has 6 nitrogen and oxygen atoms in total. The van der Waals surface area contributed by atoms with Gasteiger partial charge in [-0.25, -0.2) is 0 Å². The summed E-state index contributed by atoms with van der Waals surface area (Å²) in [5.74, 6) is 1.89. The van der Waals surface area contributed by atoms with Crippen LogP contribution in [0, 0.1) is 0 Å². The Kier molecular flexibility index (Phi) is 6.26. The molecule has 0 radical (unpaired) electrons. The number of hydrogen-bond acceptors (Lipinski definition) is 6. The molecule has 0 atom stereocenters. The number of thiophene rings is 1. The summed E-state index contributed by atoms with van der Waals surface area (Å²) < 4.78 is 6.69. The molecular weight excluding hydrogens is 418 g/mol. The largest absolute Gasteiger partial charge is 0.493 e. The van der Waals surface area contributed by atoms with Crippen molar-refractivity contribution in [3.8, 4) is 5.75 Å². The number of ether oxygens (including phenoxy) is 1. The third kappa shape index (κ3) is 4.95. The first-order chi connectivity index (χ1) is 14.5. The molecule has 3 aromatic rings. The Bertz CT molecular complexity index is 1290. The molecule has 156 valence electrons. The standard InChI is InChI=1S/C22H23N3O3S2/c1-25(2)8-10-29-20-6-4-16(30-20)13-18-22(27)23-17(21(26)24-18)12-14-3-5-19-15(11-14)7-9-28-19/h3-6,11-13H,7-10H2,1-2H3,(H,23,27)(H,24,26)/b17-12-,18-13-. The molecule has 2 aromatic heterocycles. The molecule has 8 heteroatoms. The summed E-state index contributed by atoms with van der Waals surface area (Å²) in [4.78, 5) is 33.5. The first-order valence-electron chi connectivity index (χ1n) is 9.67. The third-order valence-corrected chi connectivity index (χ3v) is 6.92. The van der Waals surface area contributed by atoms with Gasteiger partial charge >= 0.3 is 0 Å². The van der Waals surface area contributed by atoms with Gasteiger partial charge in [0.2, 0.25) is 0 Å². The summed E-state index contributed by atoms with van der Waals surface area (Å²) in [6, 6.07) is 9.77. The monoisotopic (exact) mass is 441 g/mol. The van der Waals surface area contributed by atoms with Crippen molar-refractivity contribution in [1.29, 1.82) is 0 Å². The van der Waals surface area contributed by atoms with E-state index in [9.17, 15) is 9.59 Å². The number of aromatic nitrogens is 2. The van der Waals surface area contributed by atoms with Crippen LogP contribution in [-0.2, 0) is 6.42 Å². The molecule has 0 fully saturated rings. The van der Waals surface area contributed by atoms with E-state index in [2.05, 4.69) is 29.0 Å². The van der Waals surface area contributed by atoms with E-state index in [4.69, 9.17) is 4.74 Å². The Morgan fingerprint density at radius 2 is 1.87 bits per heavy atom. The minimum atomic E-state index is -0.324. The lowest BCUT2D eigenvalue weighted by molar-refractivity contribution is 0.357. The fourth-order valence-electron chi connectivity index (χ4n) is 3.12. The summed E-state index contributed by atoms with van der Waals surface area (Å²) in [5.41, 5.74) is 1.33. The predicted octanol–water partition coefficient (Wildman–Crippen LogP) is 1.37. The molecular formula is C22H23N3O3S2. The number of hydrogen-bond donors (Lipinski definition) is 2. The Hall–Kier alpha value is -2.55. The molecule has 30 heavy (non-hydrogen) atoms. The molecule has 1 aromatic carbocycles. The van der Waals surface area contributed by atoms with Crippen LogP contribution in [0.2, 0.25) is 0 Å². The SMILES string of the molecule is CN(C)CCSc1ccc(/C=c2\[nH]c(=O)/c(=C/c3ccc4c(c3)CCO4)[nH]c2=O)s1. The van der Waals surface area contributed by atoms with Crippen molar-refractivity contribution in [3.63, 3.8) is 0 Å². The highest BCUT2D eigenvalue weighted by Crippen LogP contribution is 2.27. The first kappa shape index (κ1) is 20.7. The van der Waals surface area contributed by atoms with E-state index < -0.39 is 0 Å². The number of H-pyrrole nitrogens is 2. The predicted molar refractivity (Wildman–Crippen MR) is 123 cm³/mol. The lowest BCUT2D eigenvalue weighted by atomic mass is 10.1. The maximum atomic E-state index is 12.5. The fraction of sp³-hybridized carbons (Fsp3) is 0.273. The molecule has 0 aliphatic carbocycles. The van der Waals surface area contributed by atoms with Crippen molar-refractivity contribution >= 4 is 35.3 Å². The molecule has 0 amide bonds. The number of nitrogens with one attached hydrogen (secondary N) is 2. The molecule has 0 bridgehead atoms. The van der Waals surface area contributed by atoms with Crippen molar-refractivity contribution in [1.82, 2.24) is 14.9 Å². The highest BCUT2D eigenvalue weighted by Gasteiger charge is 2.11. The van der Waals surface area contributed by atoms with Crippen molar-refractivity contribution in [3.05, 3.63) is 77.7 Å². The van der Waals surface area contributed by atoms with Crippen molar-refractivity contribution in [2.75, 3.05) is 33.0 Å². The van der Waals surface area contributed by atoms with E-state index in [0.717, 1.165) is 40.5 Å². The van der Waals surface area contributed by atoms with E-state index in [1.807, 2.05) is 30.3 Å². The average molecular weight is 442 g/mol. The number of aromatic amines is 2. The molecule has 0 spiro atoms. The maximum absolute atomic E-state index is 12.5. The normalized spacial score (nSPS) is 14.4. The van der Waals surface area contributed by atoms with E-state index in [1.54, 1.807) is 35.3 Å². The number of rotatable bonds is 6. The first-order valence-corrected chi connectivity index (χ1v) is 11.5. The van der Waals surface area contributed by atoms with E-state index in [0.29, 0.717) is 6.61 Å². The van der Waals surface area contributed by atoms with Crippen LogP contribution in [0.5, 0.6) is 5.75 Å². The third-order valence-electron chi connectivity index (χ3n) is 4.68. The summed E-state index contributed by atoms with van der Waals surface area (Å²) >= 11 is 3.39. The topological polar surface area (TPSA) is 78.2 Å². The second-order valence-corrected chi connectivity index (χ2v) is 9.81. The number of nitrogens with zero attached hydrogens (tertiary/aromatic N) is 1. The van der Waals surface area contributed by atoms with Gasteiger partial charge in [0, 0.05) is 23.6 Å². The van der Waals surface area contributed by atoms with Crippen LogP contribution >= 0.6 is 23.1 Å². The van der Waals surface area contributed by atoms with Crippen LogP contribution in [0.3, 0.4) is 0 Å². The van der Waals surface area contributed by atoms with E-state index >= 15 is 0 Å². The zero-order chi connectivity index (χ0) is 21.1. The Labute approximate surface area is 181 Å². The zero-order valence-electron chi connectivity index (χ0n) is 16.9. The van der Waals surface area contributed by atoms with Crippen LogP contribution in [0.1, 0.15) is 16.0 Å². The Morgan fingerprint density at radius 1 is 1.10 bits per heavy atom. The highest BCUT2D eigenvalue weighted by molar-refractivity contribution is 8.01. The van der Waals surface area contributed by atoms with Gasteiger partial charge in [0.15, 0.2) is 0 Å². The van der Waals surface area contributed by atoms with Gasteiger partial charge in [0.1, 0.15) is 16.4 Å². The summed E-state index contributed by atoms with van der Waals surface area (Å²) in [6.07, 6.45) is 4.26. The maximum Gasteiger partial charge on any atom is 0.272 e.